The van der Waals surface area contributed by atoms with E-state index in [4.69, 9.17) is 16.9 Å². The number of anilines is 1. The van der Waals surface area contributed by atoms with Gasteiger partial charge in [-0.3, -0.25) is 4.98 Å². The minimum atomic E-state index is 0.421. The Labute approximate surface area is 122 Å². The molecule has 2 aromatic rings. The monoisotopic (exact) mass is 284 g/mol. The van der Waals surface area contributed by atoms with Crippen molar-refractivity contribution in [3.05, 3.63) is 52.4 Å². The van der Waals surface area contributed by atoms with Crippen molar-refractivity contribution in [3.8, 4) is 6.07 Å². The molecule has 0 N–H and O–H groups in total. The van der Waals surface area contributed by atoms with Crippen molar-refractivity contribution in [2.75, 3.05) is 18.0 Å². The van der Waals surface area contributed by atoms with Gasteiger partial charge in [0.15, 0.2) is 0 Å². The summed E-state index contributed by atoms with van der Waals surface area (Å²) in [7, 11) is 0. The highest BCUT2D eigenvalue weighted by Crippen LogP contribution is 2.34. The number of pyridine rings is 2. The fourth-order valence-electron chi connectivity index (χ4n) is 2.36. The third kappa shape index (κ3) is 2.21. The van der Waals surface area contributed by atoms with Gasteiger partial charge < -0.3 is 4.90 Å². The van der Waals surface area contributed by atoms with E-state index in [1.807, 2.05) is 31.3 Å². The van der Waals surface area contributed by atoms with Crippen molar-refractivity contribution in [2.24, 2.45) is 0 Å². The molecule has 0 atom stereocenters. The predicted octanol–water partition coefficient (Wildman–Crippen LogP) is 2.91. The maximum atomic E-state index is 8.96. The van der Waals surface area contributed by atoms with E-state index in [0.29, 0.717) is 22.2 Å². The number of rotatable bonds is 2. The van der Waals surface area contributed by atoms with Gasteiger partial charge in [-0.25, -0.2) is 4.98 Å². The molecule has 0 radical (unpaired) electrons. The standard InChI is InChI=1S/C15H13ClN4/c1-10-11(7-17)6-13(16)15(19-10)20-8-12(9-20)14-4-2-3-5-18-14/h2-6,12H,8-9H2,1H3. The van der Waals surface area contributed by atoms with Gasteiger partial charge in [0.1, 0.15) is 11.9 Å². The Kier molecular flexibility index (Phi) is 3.29. The molecule has 3 rings (SSSR count). The van der Waals surface area contributed by atoms with E-state index >= 15 is 0 Å². The summed E-state index contributed by atoms with van der Waals surface area (Å²) in [5, 5.41) is 9.50. The first-order valence-electron chi connectivity index (χ1n) is 6.42. The summed E-state index contributed by atoms with van der Waals surface area (Å²) < 4.78 is 0. The predicted molar refractivity (Wildman–Crippen MR) is 77.9 cm³/mol. The van der Waals surface area contributed by atoms with Crippen LogP contribution in [-0.2, 0) is 0 Å². The molecule has 0 amide bonds. The van der Waals surface area contributed by atoms with Gasteiger partial charge in [-0.1, -0.05) is 17.7 Å². The Morgan fingerprint density at radius 2 is 2.20 bits per heavy atom. The summed E-state index contributed by atoms with van der Waals surface area (Å²) in [4.78, 5) is 10.9. The van der Waals surface area contributed by atoms with Crippen LogP contribution < -0.4 is 4.90 Å². The minimum absolute atomic E-state index is 0.421. The first-order valence-corrected chi connectivity index (χ1v) is 6.80. The summed E-state index contributed by atoms with van der Waals surface area (Å²) >= 11 is 6.21. The zero-order chi connectivity index (χ0) is 14.1. The number of nitriles is 1. The van der Waals surface area contributed by atoms with Crippen molar-refractivity contribution in [3.63, 3.8) is 0 Å². The summed E-state index contributed by atoms with van der Waals surface area (Å²) in [6.45, 7) is 3.54. The molecule has 1 fully saturated rings. The third-order valence-electron chi connectivity index (χ3n) is 3.56. The van der Waals surface area contributed by atoms with Gasteiger partial charge in [-0.2, -0.15) is 5.26 Å². The van der Waals surface area contributed by atoms with Gasteiger partial charge in [-0.05, 0) is 25.1 Å². The molecule has 0 aromatic carbocycles. The molecule has 20 heavy (non-hydrogen) atoms. The van der Waals surface area contributed by atoms with E-state index in [2.05, 4.69) is 20.9 Å². The molecule has 0 bridgehead atoms. The molecule has 0 spiro atoms. The number of halogens is 1. The molecule has 0 unspecified atom stereocenters. The van der Waals surface area contributed by atoms with E-state index in [0.717, 1.165) is 24.6 Å². The molecule has 5 heteroatoms. The van der Waals surface area contributed by atoms with Crippen LogP contribution in [0.3, 0.4) is 0 Å². The zero-order valence-corrected chi connectivity index (χ0v) is 11.8. The van der Waals surface area contributed by atoms with Crippen LogP contribution >= 0.6 is 11.6 Å². The van der Waals surface area contributed by atoms with E-state index in [9.17, 15) is 0 Å². The molecular formula is C15H13ClN4. The van der Waals surface area contributed by atoms with E-state index < -0.39 is 0 Å². The van der Waals surface area contributed by atoms with Crippen LogP contribution in [0, 0.1) is 18.3 Å². The van der Waals surface area contributed by atoms with Crippen molar-refractivity contribution < 1.29 is 0 Å². The van der Waals surface area contributed by atoms with Crippen molar-refractivity contribution >= 4 is 17.4 Å². The number of aromatic nitrogens is 2. The van der Waals surface area contributed by atoms with E-state index in [-0.39, 0.29) is 0 Å². The molecule has 1 saturated heterocycles. The van der Waals surface area contributed by atoms with Crippen LogP contribution in [0.15, 0.2) is 30.5 Å². The fourth-order valence-corrected chi connectivity index (χ4v) is 2.63. The van der Waals surface area contributed by atoms with Gasteiger partial charge in [0.05, 0.1) is 16.3 Å². The molecule has 3 heterocycles. The number of aryl methyl sites for hydroxylation is 1. The lowest BCUT2D eigenvalue weighted by molar-refractivity contribution is 0.509. The number of hydrogen-bond donors (Lipinski definition) is 0. The highest BCUT2D eigenvalue weighted by molar-refractivity contribution is 6.33. The van der Waals surface area contributed by atoms with Crippen LogP contribution in [0.4, 0.5) is 5.82 Å². The Morgan fingerprint density at radius 1 is 1.40 bits per heavy atom. The van der Waals surface area contributed by atoms with Crippen LogP contribution in [0.5, 0.6) is 0 Å². The maximum Gasteiger partial charge on any atom is 0.147 e. The Hall–Kier alpha value is -2.12. The average molecular weight is 285 g/mol. The summed E-state index contributed by atoms with van der Waals surface area (Å²) in [5.41, 5.74) is 2.35. The Bertz CT molecular complexity index is 672. The molecule has 2 aromatic heterocycles. The molecule has 0 saturated carbocycles. The molecular weight excluding hydrogens is 272 g/mol. The zero-order valence-electron chi connectivity index (χ0n) is 11.0. The third-order valence-corrected chi connectivity index (χ3v) is 3.83. The highest BCUT2D eigenvalue weighted by Gasteiger charge is 2.31. The van der Waals surface area contributed by atoms with Crippen molar-refractivity contribution in [2.45, 2.75) is 12.8 Å². The second-order valence-corrected chi connectivity index (χ2v) is 5.30. The molecule has 1 aliphatic rings. The lowest BCUT2D eigenvalue weighted by Crippen LogP contribution is -2.46. The second kappa shape index (κ2) is 5.10. The van der Waals surface area contributed by atoms with Crippen LogP contribution in [0.2, 0.25) is 5.02 Å². The summed E-state index contributed by atoms with van der Waals surface area (Å²) in [6.07, 6.45) is 1.81. The normalized spacial score (nSPS) is 14.8. The average Bonchev–Trinajstić information content (AvgIpc) is 2.42. The lowest BCUT2D eigenvalue weighted by atomic mass is 9.95. The maximum absolute atomic E-state index is 8.96. The lowest BCUT2D eigenvalue weighted by Gasteiger charge is -2.40. The molecule has 4 nitrogen and oxygen atoms in total. The minimum Gasteiger partial charge on any atom is -0.354 e. The van der Waals surface area contributed by atoms with Gasteiger partial charge in [0.2, 0.25) is 0 Å². The van der Waals surface area contributed by atoms with Crippen LogP contribution in [0.25, 0.3) is 0 Å². The Morgan fingerprint density at radius 3 is 2.85 bits per heavy atom. The first kappa shape index (κ1) is 12.9. The second-order valence-electron chi connectivity index (χ2n) is 4.90. The molecule has 100 valence electrons. The highest BCUT2D eigenvalue weighted by atomic mass is 35.5. The van der Waals surface area contributed by atoms with Gasteiger partial charge in [0.25, 0.3) is 0 Å². The van der Waals surface area contributed by atoms with Gasteiger partial charge >= 0.3 is 0 Å². The van der Waals surface area contributed by atoms with Gasteiger partial charge in [0, 0.05) is 30.9 Å². The first-order chi connectivity index (χ1) is 9.69. The van der Waals surface area contributed by atoms with E-state index in [1.54, 1.807) is 6.07 Å². The molecule has 1 aliphatic heterocycles. The fraction of sp³-hybridized carbons (Fsp3) is 0.267. The van der Waals surface area contributed by atoms with Crippen LogP contribution in [0.1, 0.15) is 22.9 Å². The summed E-state index contributed by atoms with van der Waals surface area (Å²) in [5.74, 6) is 1.18. The topological polar surface area (TPSA) is 52.8 Å². The van der Waals surface area contributed by atoms with Crippen molar-refractivity contribution in [1.29, 1.82) is 5.26 Å². The number of nitrogens with zero attached hydrogens (tertiary/aromatic N) is 4. The van der Waals surface area contributed by atoms with E-state index in [1.165, 1.54) is 0 Å². The molecule has 0 aliphatic carbocycles. The quantitative estimate of drug-likeness (QED) is 0.851. The SMILES string of the molecule is Cc1nc(N2CC(c3ccccn3)C2)c(Cl)cc1C#N. The Balaban J connectivity index is 1.78. The largest absolute Gasteiger partial charge is 0.354 e. The number of hydrogen-bond acceptors (Lipinski definition) is 4. The smallest absolute Gasteiger partial charge is 0.147 e. The van der Waals surface area contributed by atoms with Gasteiger partial charge in [-0.15, -0.1) is 0 Å². The summed E-state index contributed by atoms with van der Waals surface area (Å²) in [6, 6.07) is 9.75. The van der Waals surface area contributed by atoms with Crippen molar-refractivity contribution in [1.82, 2.24) is 9.97 Å². The van der Waals surface area contributed by atoms with Crippen LogP contribution in [-0.4, -0.2) is 23.1 Å².